The molecule has 0 aromatic carbocycles. The van der Waals surface area contributed by atoms with Crippen LogP contribution in [0.4, 0.5) is 0 Å². The maximum Gasteiger partial charge on any atom is 0.305 e. The van der Waals surface area contributed by atoms with Gasteiger partial charge >= 0.3 is 5.97 Å². The van der Waals surface area contributed by atoms with Crippen molar-refractivity contribution in [3.63, 3.8) is 0 Å². The minimum atomic E-state index is -0.931. The summed E-state index contributed by atoms with van der Waals surface area (Å²) in [5, 5.41) is 10.8. The lowest BCUT2D eigenvalue weighted by Gasteiger charge is -2.24. The highest BCUT2D eigenvalue weighted by molar-refractivity contribution is 7.17. The summed E-state index contributed by atoms with van der Waals surface area (Å²) in [6, 6.07) is 1.83. The fraction of sp³-hybridized carbons (Fsp3) is 0.467. The fourth-order valence-electron chi connectivity index (χ4n) is 2.63. The summed E-state index contributed by atoms with van der Waals surface area (Å²) < 4.78 is 6.30. The zero-order chi connectivity index (χ0) is 16.2. The topological polar surface area (TPSA) is 92.6 Å². The molecule has 1 saturated heterocycles. The van der Waals surface area contributed by atoms with Gasteiger partial charge in [-0.05, 0) is 24.3 Å². The molecule has 7 nitrogen and oxygen atoms in total. The molecule has 3 rings (SSSR count). The molecule has 3 heterocycles. The van der Waals surface area contributed by atoms with Crippen LogP contribution in [-0.2, 0) is 9.53 Å². The molecule has 0 bridgehead atoms. The number of carbonyl (C=O) groups excluding carboxylic acids is 1. The highest BCUT2D eigenvalue weighted by atomic mass is 32.1. The number of hydrogen-bond acceptors (Lipinski definition) is 6. The third-order valence-corrected chi connectivity index (χ3v) is 4.69. The lowest BCUT2D eigenvalue weighted by Crippen LogP contribution is -2.39. The van der Waals surface area contributed by atoms with Gasteiger partial charge in [-0.3, -0.25) is 9.59 Å². The standard InChI is InChI=1S/C15H17N3O4S/c19-12(20)3-5-18(8-10-2-1-6-22-10)15(21)13-14-11(4-7-23-14)16-9-17-13/h4,7,9-10H,1-3,5-6,8H2,(H,19,20). The number of aliphatic carboxylic acids is 1. The van der Waals surface area contributed by atoms with Gasteiger partial charge in [0.2, 0.25) is 0 Å². The smallest absolute Gasteiger partial charge is 0.305 e. The van der Waals surface area contributed by atoms with Gasteiger partial charge in [0.25, 0.3) is 5.91 Å². The van der Waals surface area contributed by atoms with Crippen LogP contribution < -0.4 is 0 Å². The average molecular weight is 335 g/mol. The molecular formula is C15H17N3O4S. The van der Waals surface area contributed by atoms with Crippen LogP contribution in [0.15, 0.2) is 17.8 Å². The molecule has 1 unspecified atom stereocenters. The Bertz CT molecular complexity index is 712. The summed E-state index contributed by atoms with van der Waals surface area (Å²) in [6.07, 6.45) is 3.08. The van der Waals surface area contributed by atoms with Crippen LogP contribution in [0.1, 0.15) is 29.8 Å². The summed E-state index contributed by atoms with van der Waals surface area (Å²) in [6.45, 7) is 1.22. The van der Waals surface area contributed by atoms with Crippen LogP contribution in [0.25, 0.3) is 10.2 Å². The predicted octanol–water partition coefficient (Wildman–Crippen LogP) is 1.79. The second-order valence-corrected chi connectivity index (χ2v) is 6.30. The number of carboxylic acid groups (broad SMARTS) is 1. The Kier molecular flexibility index (Phi) is 4.82. The Balaban J connectivity index is 1.83. The van der Waals surface area contributed by atoms with Crippen molar-refractivity contribution in [2.75, 3.05) is 19.7 Å². The van der Waals surface area contributed by atoms with Gasteiger partial charge in [-0.2, -0.15) is 0 Å². The van der Waals surface area contributed by atoms with E-state index in [2.05, 4.69) is 9.97 Å². The minimum absolute atomic E-state index is 0.0339. The lowest BCUT2D eigenvalue weighted by atomic mass is 10.2. The number of fused-ring (bicyclic) bond motifs is 1. The number of rotatable bonds is 6. The molecule has 122 valence electrons. The van der Waals surface area contributed by atoms with Crippen LogP contribution in [0.2, 0.25) is 0 Å². The van der Waals surface area contributed by atoms with E-state index in [0.717, 1.165) is 23.1 Å². The van der Waals surface area contributed by atoms with Gasteiger partial charge in [0, 0.05) is 19.7 Å². The van der Waals surface area contributed by atoms with Crippen molar-refractivity contribution in [1.29, 1.82) is 0 Å². The fourth-order valence-corrected chi connectivity index (χ4v) is 3.46. The van der Waals surface area contributed by atoms with Crippen molar-refractivity contribution >= 4 is 33.4 Å². The molecule has 1 fully saturated rings. The first-order valence-corrected chi connectivity index (χ1v) is 8.34. The molecule has 0 aliphatic carbocycles. The van der Waals surface area contributed by atoms with E-state index in [4.69, 9.17) is 9.84 Å². The molecule has 8 heteroatoms. The van der Waals surface area contributed by atoms with Crippen LogP contribution in [-0.4, -0.2) is 57.7 Å². The van der Waals surface area contributed by atoms with Crippen molar-refractivity contribution in [2.45, 2.75) is 25.4 Å². The average Bonchev–Trinajstić information content (AvgIpc) is 3.21. The Morgan fingerprint density at radius 1 is 1.43 bits per heavy atom. The van der Waals surface area contributed by atoms with Crippen LogP contribution in [0.3, 0.4) is 0 Å². The summed E-state index contributed by atoms with van der Waals surface area (Å²) >= 11 is 1.41. The molecule has 1 aliphatic heterocycles. The molecule has 1 N–H and O–H groups in total. The van der Waals surface area contributed by atoms with Crippen LogP contribution in [0.5, 0.6) is 0 Å². The second-order valence-electron chi connectivity index (χ2n) is 5.39. The molecule has 0 saturated carbocycles. The number of carboxylic acids is 1. The van der Waals surface area contributed by atoms with E-state index >= 15 is 0 Å². The molecule has 1 amide bonds. The number of hydrogen-bond donors (Lipinski definition) is 1. The largest absolute Gasteiger partial charge is 0.481 e. The van der Waals surface area contributed by atoms with Gasteiger partial charge in [-0.25, -0.2) is 9.97 Å². The highest BCUT2D eigenvalue weighted by Crippen LogP contribution is 2.23. The SMILES string of the molecule is O=C(O)CCN(CC1CCCO1)C(=O)c1ncnc2ccsc12. The van der Waals surface area contributed by atoms with E-state index in [1.54, 1.807) is 0 Å². The number of ether oxygens (including phenoxy) is 1. The minimum Gasteiger partial charge on any atom is -0.481 e. The molecule has 2 aromatic heterocycles. The van der Waals surface area contributed by atoms with Crippen LogP contribution in [0, 0.1) is 0 Å². The number of thiophene rings is 1. The molecular weight excluding hydrogens is 318 g/mol. The zero-order valence-electron chi connectivity index (χ0n) is 12.5. The summed E-state index contributed by atoms with van der Waals surface area (Å²) in [7, 11) is 0. The predicted molar refractivity (Wildman–Crippen MR) is 84.5 cm³/mol. The van der Waals surface area contributed by atoms with E-state index < -0.39 is 5.97 Å². The maximum absolute atomic E-state index is 12.9. The Hall–Kier alpha value is -2.06. The number of nitrogens with zero attached hydrogens (tertiary/aromatic N) is 3. The van der Waals surface area contributed by atoms with E-state index in [1.807, 2.05) is 11.4 Å². The second kappa shape index (κ2) is 7.01. The summed E-state index contributed by atoms with van der Waals surface area (Å²) in [5.41, 5.74) is 1.05. The number of aromatic nitrogens is 2. The third kappa shape index (κ3) is 3.65. The van der Waals surface area contributed by atoms with E-state index in [-0.39, 0.29) is 25.0 Å². The lowest BCUT2D eigenvalue weighted by molar-refractivity contribution is -0.137. The van der Waals surface area contributed by atoms with E-state index in [0.29, 0.717) is 18.8 Å². The van der Waals surface area contributed by atoms with Crippen molar-refractivity contribution in [2.24, 2.45) is 0 Å². The molecule has 23 heavy (non-hydrogen) atoms. The molecule has 2 aromatic rings. The van der Waals surface area contributed by atoms with E-state index in [9.17, 15) is 9.59 Å². The van der Waals surface area contributed by atoms with Gasteiger partial charge < -0.3 is 14.7 Å². The third-order valence-electron chi connectivity index (χ3n) is 3.78. The first kappa shape index (κ1) is 15.8. The number of carbonyl (C=O) groups is 2. The Labute approximate surface area is 136 Å². The van der Waals surface area contributed by atoms with Crippen molar-refractivity contribution < 1.29 is 19.4 Å². The molecule has 0 spiro atoms. The van der Waals surface area contributed by atoms with Gasteiger partial charge in [0.1, 0.15) is 12.0 Å². The summed E-state index contributed by atoms with van der Waals surface area (Å²) in [4.78, 5) is 33.5. The Morgan fingerprint density at radius 3 is 3.04 bits per heavy atom. The van der Waals surface area contributed by atoms with Crippen molar-refractivity contribution in [3.05, 3.63) is 23.5 Å². The summed E-state index contributed by atoms with van der Waals surface area (Å²) in [5.74, 6) is -1.20. The zero-order valence-corrected chi connectivity index (χ0v) is 13.3. The molecule has 1 atom stereocenters. The van der Waals surface area contributed by atoms with Gasteiger partial charge in [-0.15, -0.1) is 11.3 Å². The van der Waals surface area contributed by atoms with Crippen molar-refractivity contribution in [3.8, 4) is 0 Å². The molecule has 1 aliphatic rings. The Morgan fingerprint density at radius 2 is 2.30 bits per heavy atom. The normalized spacial score (nSPS) is 17.5. The quantitative estimate of drug-likeness (QED) is 0.865. The monoisotopic (exact) mass is 335 g/mol. The first-order chi connectivity index (χ1) is 11.1. The van der Waals surface area contributed by atoms with E-state index in [1.165, 1.54) is 22.6 Å². The van der Waals surface area contributed by atoms with Crippen LogP contribution >= 0.6 is 11.3 Å². The first-order valence-electron chi connectivity index (χ1n) is 7.46. The number of amides is 1. The van der Waals surface area contributed by atoms with Crippen molar-refractivity contribution in [1.82, 2.24) is 14.9 Å². The van der Waals surface area contributed by atoms with Gasteiger partial charge in [-0.1, -0.05) is 0 Å². The van der Waals surface area contributed by atoms with Gasteiger partial charge in [0.15, 0.2) is 0 Å². The molecule has 0 radical (unpaired) electrons. The maximum atomic E-state index is 12.9. The highest BCUT2D eigenvalue weighted by Gasteiger charge is 2.26. The van der Waals surface area contributed by atoms with Gasteiger partial charge in [0.05, 0.1) is 22.7 Å².